The van der Waals surface area contributed by atoms with E-state index in [2.05, 4.69) is 43.8 Å². The van der Waals surface area contributed by atoms with E-state index < -0.39 is 0 Å². The molecule has 5 aromatic rings. The molecule has 0 saturated carbocycles. The minimum absolute atomic E-state index is 0.479. The summed E-state index contributed by atoms with van der Waals surface area (Å²) >= 11 is 0. The average molecular weight is 340 g/mol. The first-order valence-corrected chi connectivity index (χ1v) is 8.34. The lowest BCUT2D eigenvalue weighted by molar-refractivity contribution is 0.990. The van der Waals surface area contributed by atoms with Gasteiger partial charge in [-0.15, -0.1) is 0 Å². The monoisotopic (exact) mass is 340 g/mol. The first-order chi connectivity index (χ1) is 12.7. The van der Waals surface area contributed by atoms with E-state index in [0.717, 1.165) is 44.8 Å². The number of nitrogens with zero attached hydrogens (tertiary/aromatic N) is 4. The molecule has 0 aliphatic carbocycles. The highest BCUT2D eigenvalue weighted by molar-refractivity contribution is 5.83. The Morgan fingerprint density at radius 2 is 1.92 bits per heavy atom. The summed E-state index contributed by atoms with van der Waals surface area (Å²) in [5, 5.41) is 1.15. The van der Waals surface area contributed by atoms with Gasteiger partial charge in [0, 0.05) is 34.5 Å². The number of aromatic amines is 1. The highest BCUT2D eigenvalue weighted by Crippen LogP contribution is 2.26. The van der Waals surface area contributed by atoms with Gasteiger partial charge in [0.2, 0.25) is 0 Å². The highest BCUT2D eigenvalue weighted by Gasteiger charge is 2.13. The van der Waals surface area contributed by atoms with Crippen LogP contribution in [0.4, 0.5) is 5.82 Å². The number of anilines is 1. The molecule has 0 aliphatic rings. The van der Waals surface area contributed by atoms with Gasteiger partial charge in [-0.05, 0) is 55.5 Å². The number of aromatic nitrogens is 5. The van der Waals surface area contributed by atoms with E-state index in [9.17, 15) is 0 Å². The van der Waals surface area contributed by atoms with Crippen LogP contribution in [-0.4, -0.2) is 24.5 Å². The number of aryl methyl sites for hydroxylation is 1. The Bertz CT molecular complexity index is 1260. The summed E-state index contributed by atoms with van der Waals surface area (Å²) in [6.07, 6.45) is 3.64. The Morgan fingerprint density at radius 3 is 2.81 bits per heavy atom. The summed E-state index contributed by atoms with van der Waals surface area (Å²) in [5.41, 5.74) is 11.4. The molecule has 1 aromatic carbocycles. The summed E-state index contributed by atoms with van der Waals surface area (Å²) < 4.78 is 2.08. The molecule has 5 rings (SSSR count). The van der Waals surface area contributed by atoms with Crippen LogP contribution < -0.4 is 5.73 Å². The van der Waals surface area contributed by atoms with Gasteiger partial charge in [-0.3, -0.25) is 4.57 Å². The number of nitrogen functional groups attached to an aromatic ring is 1. The van der Waals surface area contributed by atoms with Crippen LogP contribution in [0.1, 0.15) is 5.82 Å². The SMILES string of the molecule is Cc1nc2ccc(-c3ccnc(N)c3)nc2n1-c1ccc2[nH]ccc2c1. The lowest BCUT2D eigenvalue weighted by Crippen LogP contribution is -1.99. The Kier molecular flexibility index (Phi) is 3.05. The van der Waals surface area contributed by atoms with Gasteiger partial charge in [0.05, 0.1) is 5.69 Å². The number of hydrogen-bond acceptors (Lipinski definition) is 4. The summed E-state index contributed by atoms with van der Waals surface area (Å²) in [6, 6.07) is 16.0. The quantitative estimate of drug-likeness (QED) is 0.511. The molecule has 0 fully saturated rings. The van der Waals surface area contributed by atoms with Crippen LogP contribution in [0.2, 0.25) is 0 Å². The fourth-order valence-electron chi connectivity index (χ4n) is 3.33. The zero-order chi connectivity index (χ0) is 17.7. The second-order valence-corrected chi connectivity index (χ2v) is 6.25. The summed E-state index contributed by atoms with van der Waals surface area (Å²) in [6.45, 7) is 1.99. The van der Waals surface area contributed by atoms with E-state index >= 15 is 0 Å². The molecule has 26 heavy (non-hydrogen) atoms. The molecule has 0 aliphatic heterocycles. The van der Waals surface area contributed by atoms with Gasteiger partial charge in [0.1, 0.15) is 17.2 Å². The summed E-state index contributed by atoms with van der Waals surface area (Å²) in [7, 11) is 0. The van der Waals surface area contributed by atoms with E-state index in [-0.39, 0.29) is 0 Å². The largest absolute Gasteiger partial charge is 0.384 e. The standard InChI is InChI=1S/C20H16N6/c1-12-24-18-5-4-17(14-7-9-23-19(21)11-14)25-20(18)26(12)15-2-3-16-13(10-15)6-8-22-16/h2-11,22H,1H3,(H2,21,23). The Morgan fingerprint density at radius 1 is 1.00 bits per heavy atom. The third kappa shape index (κ3) is 2.23. The third-order valence-electron chi connectivity index (χ3n) is 4.54. The first-order valence-electron chi connectivity index (χ1n) is 8.34. The van der Waals surface area contributed by atoms with E-state index in [1.165, 1.54) is 0 Å². The Hall–Kier alpha value is -3.67. The normalized spacial score (nSPS) is 11.4. The number of H-pyrrole nitrogens is 1. The minimum Gasteiger partial charge on any atom is -0.384 e. The molecule has 6 heteroatoms. The Balaban J connectivity index is 1.74. The maximum atomic E-state index is 5.82. The number of benzene rings is 1. The van der Waals surface area contributed by atoms with E-state index in [1.807, 2.05) is 37.4 Å². The van der Waals surface area contributed by atoms with Gasteiger partial charge in [-0.25, -0.2) is 15.0 Å². The molecule has 0 amide bonds. The molecule has 3 N–H and O–H groups in total. The van der Waals surface area contributed by atoms with Crippen molar-refractivity contribution in [3.63, 3.8) is 0 Å². The molecular weight excluding hydrogens is 324 g/mol. The fourth-order valence-corrected chi connectivity index (χ4v) is 3.33. The molecule has 0 saturated heterocycles. The maximum Gasteiger partial charge on any atom is 0.165 e. The molecule has 0 bridgehead atoms. The van der Waals surface area contributed by atoms with Crippen LogP contribution in [0.3, 0.4) is 0 Å². The van der Waals surface area contributed by atoms with Gasteiger partial charge in [-0.1, -0.05) is 0 Å². The van der Waals surface area contributed by atoms with E-state index in [1.54, 1.807) is 6.20 Å². The van der Waals surface area contributed by atoms with Crippen LogP contribution in [0.25, 0.3) is 39.0 Å². The predicted octanol–water partition coefficient (Wildman–Crippen LogP) is 3.85. The first kappa shape index (κ1) is 14.7. The molecular formula is C20H16N6. The lowest BCUT2D eigenvalue weighted by Gasteiger charge is -2.08. The number of imidazole rings is 1. The number of hydrogen-bond donors (Lipinski definition) is 2. The van der Waals surface area contributed by atoms with Crippen LogP contribution in [-0.2, 0) is 0 Å². The van der Waals surface area contributed by atoms with E-state index in [4.69, 9.17) is 10.7 Å². The van der Waals surface area contributed by atoms with Crippen molar-refractivity contribution in [3.05, 3.63) is 66.7 Å². The number of fused-ring (bicyclic) bond motifs is 2. The number of nitrogens with two attached hydrogens (primary N) is 1. The van der Waals surface area contributed by atoms with Crippen molar-refractivity contribution in [2.75, 3.05) is 5.73 Å². The van der Waals surface area contributed by atoms with Crippen molar-refractivity contribution in [2.45, 2.75) is 6.92 Å². The molecule has 126 valence electrons. The third-order valence-corrected chi connectivity index (χ3v) is 4.54. The topological polar surface area (TPSA) is 85.4 Å². The molecule has 6 nitrogen and oxygen atoms in total. The maximum absolute atomic E-state index is 5.82. The van der Waals surface area contributed by atoms with Crippen LogP contribution >= 0.6 is 0 Å². The average Bonchev–Trinajstić information content (AvgIpc) is 3.23. The van der Waals surface area contributed by atoms with Crippen molar-refractivity contribution in [3.8, 4) is 16.9 Å². The van der Waals surface area contributed by atoms with Gasteiger partial charge in [0.25, 0.3) is 0 Å². The van der Waals surface area contributed by atoms with Crippen molar-refractivity contribution in [2.24, 2.45) is 0 Å². The molecule has 0 spiro atoms. The zero-order valence-electron chi connectivity index (χ0n) is 14.1. The molecule has 0 radical (unpaired) electrons. The molecule has 0 atom stereocenters. The van der Waals surface area contributed by atoms with Crippen molar-refractivity contribution < 1.29 is 0 Å². The summed E-state index contributed by atoms with van der Waals surface area (Å²) in [4.78, 5) is 16.8. The fraction of sp³-hybridized carbons (Fsp3) is 0.0500. The molecule has 4 aromatic heterocycles. The second kappa shape index (κ2) is 5.42. The smallest absolute Gasteiger partial charge is 0.165 e. The minimum atomic E-state index is 0.479. The van der Waals surface area contributed by atoms with Gasteiger partial charge >= 0.3 is 0 Å². The number of pyridine rings is 2. The predicted molar refractivity (Wildman–Crippen MR) is 103 cm³/mol. The van der Waals surface area contributed by atoms with Crippen LogP contribution in [0.5, 0.6) is 0 Å². The number of nitrogens with one attached hydrogen (secondary N) is 1. The Labute approximate surface area is 149 Å². The number of rotatable bonds is 2. The van der Waals surface area contributed by atoms with Crippen molar-refractivity contribution in [1.29, 1.82) is 0 Å². The summed E-state index contributed by atoms with van der Waals surface area (Å²) in [5.74, 6) is 1.38. The van der Waals surface area contributed by atoms with Gasteiger partial charge in [0.15, 0.2) is 5.65 Å². The second-order valence-electron chi connectivity index (χ2n) is 6.25. The molecule has 4 heterocycles. The van der Waals surface area contributed by atoms with Gasteiger partial charge in [-0.2, -0.15) is 0 Å². The van der Waals surface area contributed by atoms with Crippen LogP contribution in [0.15, 0.2) is 60.9 Å². The highest BCUT2D eigenvalue weighted by atomic mass is 15.1. The lowest BCUT2D eigenvalue weighted by atomic mass is 10.1. The van der Waals surface area contributed by atoms with Crippen LogP contribution in [0, 0.1) is 6.92 Å². The molecule has 0 unspecified atom stereocenters. The van der Waals surface area contributed by atoms with Crippen molar-refractivity contribution >= 4 is 27.9 Å². The van der Waals surface area contributed by atoms with Crippen molar-refractivity contribution in [1.82, 2.24) is 24.5 Å². The zero-order valence-corrected chi connectivity index (χ0v) is 14.1. The van der Waals surface area contributed by atoms with Gasteiger partial charge < -0.3 is 10.7 Å². The van der Waals surface area contributed by atoms with E-state index in [0.29, 0.717) is 5.82 Å².